The summed E-state index contributed by atoms with van der Waals surface area (Å²) in [6.07, 6.45) is -0.403. The summed E-state index contributed by atoms with van der Waals surface area (Å²) in [6.45, 7) is 1.90. The van der Waals surface area contributed by atoms with Crippen molar-refractivity contribution < 1.29 is 9.50 Å². The van der Waals surface area contributed by atoms with Crippen LogP contribution in [-0.2, 0) is 6.42 Å². The van der Waals surface area contributed by atoms with Crippen LogP contribution in [0.25, 0.3) is 0 Å². The van der Waals surface area contributed by atoms with Crippen LogP contribution in [-0.4, -0.2) is 5.11 Å². The molecule has 100 valence electrons. The van der Waals surface area contributed by atoms with Crippen molar-refractivity contribution in [3.8, 4) is 0 Å². The first-order valence-electron chi connectivity index (χ1n) is 5.85. The molecule has 0 radical (unpaired) electrons. The van der Waals surface area contributed by atoms with Crippen molar-refractivity contribution in [2.24, 2.45) is 0 Å². The van der Waals surface area contributed by atoms with Crippen LogP contribution >= 0.6 is 23.2 Å². The second-order valence-corrected chi connectivity index (χ2v) is 5.28. The van der Waals surface area contributed by atoms with Gasteiger partial charge in [0, 0.05) is 16.5 Å². The molecule has 0 bridgehead atoms. The van der Waals surface area contributed by atoms with Gasteiger partial charge in [-0.05, 0) is 41.8 Å². The van der Waals surface area contributed by atoms with Gasteiger partial charge < -0.3 is 5.11 Å². The van der Waals surface area contributed by atoms with Gasteiger partial charge in [0.05, 0.1) is 6.10 Å². The number of benzene rings is 2. The van der Waals surface area contributed by atoms with Crippen LogP contribution in [0.15, 0.2) is 36.4 Å². The zero-order valence-corrected chi connectivity index (χ0v) is 11.8. The second-order valence-electron chi connectivity index (χ2n) is 4.46. The predicted octanol–water partition coefficient (Wildman–Crippen LogP) is 4.72. The number of hydrogen-bond donors (Lipinski definition) is 1. The lowest BCUT2D eigenvalue weighted by Gasteiger charge is -2.13. The van der Waals surface area contributed by atoms with Crippen LogP contribution in [0.2, 0.25) is 10.0 Å². The van der Waals surface area contributed by atoms with Crippen molar-refractivity contribution >= 4 is 23.2 Å². The van der Waals surface area contributed by atoms with Crippen LogP contribution in [0.4, 0.5) is 4.39 Å². The van der Waals surface area contributed by atoms with Crippen molar-refractivity contribution in [2.75, 3.05) is 0 Å². The van der Waals surface area contributed by atoms with E-state index in [1.54, 1.807) is 12.1 Å². The SMILES string of the molecule is Cc1ccc(C(O)Cc2ccc(F)cc2Cl)cc1Cl. The fourth-order valence-corrected chi connectivity index (χ4v) is 2.26. The van der Waals surface area contributed by atoms with Gasteiger partial charge in [0.25, 0.3) is 0 Å². The molecule has 2 aromatic carbocycles. The molecule has 1 atom stereocenters. The highest BCUT2D eigenvalue weighted by atomic mass is 35.5. The Balaban J connectivity index is 2.20. The zero-order chi connectivity index (χ0) is 14.0. The van der Waals surface area contributed by atoms with Crippen molar-refractivity contribution in [1.82, 2.24) is 0 Å². The number of hydrogen-bond acceptors (Lipinski definition) is 1. The van der Waals surface area contributed by atoms with E-state index in [1.165, 1.54) is 12.1 Å². The first kappa shape index (κ1) is 14.3. The zero-order valence-electron chi connectivity index (χ0n) is 10.3. The molecule has 0 saturated heterocycles. The van der Waals surface area contributed by atoms with Gasteiger partial charge in [-0.25, -0.2) is 4.39 Å². The molecule has 1 N–H and O–H groups in total. The molecule has 0 aliphatic carbocycles. The number of aliphatic hydroxyl groups excluding tert-OH is 1. The maximum atomic E-state index is 12.9. The Hall–Kier alpha value is -1.09. The molecule has 0 amide bonds. The molecule has 1 unspecified atom stereocenters. The van der Waals surface area contributed by atoms with E-state index in [9.17, 15) is 9.50 Å². The van der Waals surface area contributed by atoms with Crippen molar-refractivity contribution in [1.29, 1.82) is 0 Å². The first-order valence-corrected chi connectivity index (χ1v) is 6.61. The van der Waals surface area contributed by atoms with E-state index in [0.29, 0.717) is 22.0 Å². The van der Waals surface area contributed by atoms with Gasteiger partial charge in [-0.15, -0.1) is 0 Å². The number of rotatable bonds is 3. The van der Waals surface area contributed by atoms with Gasteiger partial charge in [0.2, 0.25) is 0 Å². The van der Waals surface area contributed by atoms with Crippen LogP contribution in [0, 0.1) is 12.7 Å². The van der Waals surface area contributed by atoms with E-state index >= 15 is 0 Å². The fraction of sp³-hybridized carbons (Fsp3) is 0.200. The Morgan fingerprint density at radius 3 is 2.47 bits per heavy atom. The summed E-state index contributed by atoms with van der Waals surface area (Å²) in [5.74, 6) is -0.387. The minimum absolute atomic E-state index is 0.317. The van der Waals surface area contributed by atoms with Crippen LogP contribution in [0.1, 0.15) is 22.8 Å². The first-order chi connectivity index (χ1) is 8.97. The van der Waals surface area contributed by atoms with E-state index in [-0.39, 0.29) is 5.82 Å². The highest BCUT2D eigenvalue weighted by Gasteiger charge is 2.12. The van der Waals surface area contributed by atoms with Gasteiger partial charge in [-0.1, -0.05) is 41.4 Å². The van der Waals surface area contributed by atoms with E-state index in [4.69, 9.17) is 23.2 Å². The second kappa shape index (κ2) is 5.91. The monoisotopic (exact) mass is 298 g/mol. The Labute approximate surface area is 121 Å². The maximum Gasteiger partial charge on any atom is 0.124 e. The average molecular weight is 299 g/mol. The fourth-order valence-electron chi connectivity index (χ4n) is 1.83. The van der Waals surface area contributed by atoms with E-state index in [2.05, 4.69) is 0 Å². The van der Waals surface area contributed by atoms with Gasteiger partial charge in [0.1, 0.15) is 5.82 Å². The molecule has 19 heavy (non-hydrogen) atoms. The van der Waals surface area contributed by atoms with Crippen LogP contribution in [0.5, 0.6) is 0 Å². The predicted molar refractivity (Wildman–Crippen MR) is 76.3 cm³/mol. The largest absolute Gasteiger partial charge is 0.388 e. The molecule has 1 nitrogen and oxygen atoms in total. The molecule has 0 saturated carbocycles. The molecule has 0 aliphatic rings. The van der Waals surface area contributed by atoms with Crippen molar-refractivity contribution in [3.05, 3.63) is 69.0 Å². The third kappa shape index (κ3) is 3.47. The highest BCUT2D eigenvalue weighted by molar-refractivity contribution is 6.31. The van der Waals surface area contributed by atoms with Gasteiger partial charge >= 0.3 is 0 Å². The van der Waals surface area contributed by atoms with Crippen LogP contribution < -0.4 is 0 Å². The van der Waals surface area contributed by atoms with Crippen molar-refractivity contribution in [2.45, 2.75) is 19.4 Å². The van der Waals surface area contributed by atoms with E-state index < -0.39 is 6.10 Å². The summed E-state index contributed by atoms with van der Waals surface area (Å²) in [7, 11) is 0. The molecule has 0 fully saturated rings. The van der Waals surface area contributed by atoms with E-state index in [1.807, 2.05) is 19.1 Å². The average Bonchev–Trinajstić information content (AvgIpc) is 2.36. The Kier molecular flexibility index (Phi) is 4.46. The minimum Gasteiger partial charge on any atom is -0.388 e. The highest BCUT2D eigenvalue weighted by Crippen LogP contribution is 2.26. The summed E-state index contributed by atoms with van der Waals surface area (Å²) in [6, 6.07) is 9.56. The molecule has 0 spiro atoms. The summed E-state index contributed by atoms with van der Waals surface area (Å²) in [4.78, 5) is 0. The lowest BCUT2D eigenvalue weighted by Crippen LogP contribution is -2.02. The number of aliphatic hydroxyl groups is 1. The maximum absolute atomic E-state index is 12.9. The van der Waals surface area contributed by atoms with Gasteiger partial charge in [-0.2, -0.15) is 0 Å². The summed E-state index contributed by atoms with van der Waals surface area (Å²) in [5, 5.41) is 11.1. The molecule has 2 aromatic rings. The normalized spacial score (nSPS) is 12.5. The summed E-state index contributed by atoms with van der Waals surface area (Å²) >= 11 is 12.0. The smallest absolute Gasteiger partial charge is 0.124 e. The van der Waals surface area contributed by atoms with Gasteiger partial charge in [-0.3, -0.25) is 0 Å². The lowest BCUT2D eigenvalue weighted by atomic mass is 10.0. The van der Waals surface area contributed by atoms with E-state index in [0.717, 1.165) is 11.1 Å². The van der Waals surface area contributed by atoms with Crippen molar-refractivity contribution in [3.63, 3.8) is 0 Å². The standard InChI is InChI=1S/C15H13Cl2FO/c1-9-2-3-11(6-13(9)16)15(19)7-10-4-5-12(18)8-14(10)17/h2-6,8,15,19H,7H2,1H3. The quantitative estimate of drug-likeness (QED) is 0.869. The summed E-state index contributed by atoms with van der Waals surface area (Å²) < 4.78 is 12.9. The number of aryl methyl sites for hydroxylation is 1. The Morgan fingerprint density at radius 1 is 1.11 bits per heavy atom. The molecule has 2 rings (SSSR count). The molecule has 0 aliphatic heterocycles. The Bertz CT molecular complexity index is 599. The third-order valence-electron chi connectivity index (χ3n) is 3.01. The topological polar surface area (TPSA) is 20.2 Å². The Morgan fingerprint density at radius 2 is 1.84 bits per heavy atom. The van der Waals surface area contributed by atoms with Crippen LogP contribution in [0.3, 0.4) is 0 Å². The van der Waals surface area contributed by atoms with Gasteiger partial charge in [0.15, 0.2) is 0 Å². The minimum atomic E-state index is -0.721. The lowest BCUT2D eigenvalue weighted by molar-refractivity contribution is 0.178. The molecular formula is C15H13Cl2FO. The molecule has 0 aromatic heterocycles. The third-order valence-corrected chi connectivity index (χ3v) is 3.77. The molecular weight excluding hydrogens is 286 g/mol. The number of halogens is 3. The summed E-state index contributed by atoms with van der Waals surface area (Å²) in [5.41, 5.74) is 2.38. The molecule has 0 heterocycles. The molecule has 4 heteroatoms.